The molecule has 0 spiro atoms. The summed E-state index contributed by atoms with van der Waals surface area (Å²) in [4.78, 5) is 12.4. The SMILES string of the molecule is CCOc1ccc(NC(=O)C[C@H](C)CC2=NS(=O)(=O)c3ccccc3N2)cc1. The van der Waals surface area contributed by atoms with Crippen LogP contribution in [0, 0.1) is 5.92 Å². The van der Waals surface area contributed by atoms with Gasteiger partial charge in [-0.1, -0.05) is 19.1 Å². The average molecular weight is 401 g/mol. The topological polar surface area (TPSA) is 96.9 Å². The summed E-state index contributed by atoms with van der Waals surface area (Å²) in [5.41, 5.74) is 1.20. The number of nitrogens with one attached hydrogen (secondary N) is 2. The third-order valence-electron chi connectivity index (χ3n) is 4.20. The van der Waals surface area contributed by atoms with Crippen molar-refractivity contribution in [2.24, 2.45) is 10.3 Å². The molecule has 1 heterocycles. The van der Waals surface area contributed by atoms with Crippen LogP contribution in [0.25, 0.3) is 0 Å². The first-order valence-corrected chi connectivity index (χ1v) is 10.5. The summed E-state index contributed by atoms with van der Waals surface area (Å²) in [6, 6.07) is 13.8. The summed E-state index contributed by atoms with van der Waals surface area (Å²) in [6.07, 6.45) is 0.597. The fraction of sp³-hybridized carbons (Fsp3) is 0.300. The van der Waals surface area contributed by atoms with Crippen molar-refractivity contribution in [1.29, 1.82) is 0 Å². The lowest BCUT2D eigenvalue weighted by molar-refractivity contribution is -0.116. The number of benzene rings is 2. The molecule has 3 rings (SSSR count). The van der Waals surface area contributed by atoms with E-state index in [4.69, 9.17) is 4.74 Å². The van der Waals surface area contributed by atoms with Crippen LogP contribution in [0.5, 0.6) is 5.75 Å². The molecule has 8 heteroatoms. The molecule has 2 N–H and O–H groups in total. The number of nitrogens with zero attached hydrogens (tertiary/aromatic N) is 1. The van der Waals surface area contributed by atoms with Gasteiger partial charge in [-0.25, -0.2) is 0 Å². The van der Waals surface area contributed by atoms with Crippen LogP contribution in [-0.2, 0) is 14.8 Å². The normalized spacial score (nSPS) is 15.6. The van der Waals surface area contributed by atoms with Crippen LogP contribution in [0.3, 0.4) is 0 Å². The molecular formula is C20H23N3O4S. The number of sulfonamides is 1. The number of hydrogen-bond acceptors (Lipinski definition) is 5. The van der Waals surface area contributed by atoms with Gasteiger partial charge in [-0.05, 0) is 49.2 Å². The molecule has 2 aromatic carbocycles. The first kappa shape index (κ1) is 19.9. The Morgan fingerprint density at radius 2 is 1.89 bits per heavy atom. The van der Waals surface area contributed by atoms with E-state index in [2.05, 4.69) is 15.0 Å². The van der Waals surface area contributed by atoms with Crippen molar-refractivity contribution in [2.45, 2.75) is 31.6 Å². The highest BCUT2D eigenvalue weighted by molar-refractivity contribution is 7.90. The monoisotopic (exact) mass is 401 g/mol. The molecule has 0 bridgehead atoms. The maximum Gasteiger partial charge on any atom is 0.286 e. The molecular weight excluding hydrogens is 378 g/mol. The van der Waals surface area contributed by atoms with Crippen molar-refractivity contribution in [3.05, 3.63) is 48.5 Å². The lowest BCUT2D eigenvalue weighted by Crippen LogP contribution is -2.25. The van der Waals surface area contributed by atoms with Gasteiger partial charge in [0.05, 0.1) is 12.3 Å². The number of carbonyl (C=O) groups excluding carboxylic acids is 1. The minimum atomic E-state index is -3.71. The van der Waals surface area contributed by atoms with E-state index in [9.17, 15) is 13.2 Å². The predicted octanol–water partition coefficient (Wildman–Crippen LogP) is 3.65. The van der Waals surface area contributed by atoms with Gasteiger partial charge in [0.15, 0.2) is 0 Å². The van der Waals surface area contributed by atoms with Crippen molar-refractivity contribution in [3.8, 4) is 5.75 Å². The van der Waals surface area contributed by atoms with Gasteiger partial charge in [-0.2, -0.15) is 8.42 Å². The molecule has 7 nitrogen and oxygen atoms in total. The second-order valence-corrected chi connectivity index (χ2v) is 8.23. The second kappa shape index (κ2) is 8.43. The van der Waals surface area contributed by atoms with Crippen LogP contribution in [0.15, 0.2) is 57.8 Å². The molecule has 2 aromatic rings. The van der Waals surface area contributed by atoms with E-state index >= 15 is 0 Å². The van der Waals surface area contributed by atoms with Crippen molar-refractivity contribution in [3.63, 3.8) is 0 Å². The Bertz CT molecular complexity index is 985. The quantitative estimate of drug-likeness (QED) is 0.738. The number of carbonyl (C=O) groups is 1. The van der Waals surface area contributed by atoms with Gasteiger partial charge in [0.2, 0.25) is 5.91 Å². The fourth-order valence-electron chi connectivity index (χ4n) is 2.99. The molecule has 1 aliphatic rings. The van der Waals surface area contributed by atoms with Gasteiger partial charge in [0, 0.05) is 18.5 Å². The van der Waals surface area contributed by atoms with Crippen molar-refractivity contribution in [2.75, 3.05) is 17.2 Å². The lowest BCUT2D eigenvalue weighted by atomic mass is 10.0. The number of rotatable bonds is 7. The van der Waals surface area contributed by atoms with Crippen molar-refractivity contribution < 1.29 is 17.9 Å². The van der Waals surface area contributed by atoms with E-state index in [-0.39, 0.29) is 23.1 Å². The maximum atomic E-state index is 12.3. The summed E-state index contributed by atoms with van der Waals surface area (Å²) in [6.45, 7) is 4.38. The molecule has 0 unspecified atom stereocenters. The highest BCUT2D eigenvalue weighted by Gasteiger charge is 2.25. The average Bonchev–Trinajstić information content (AvgIpc) is 2.63. The summed E-state index contributed by atoms with van der Waals surface area (Å²) in [5.74, 6) is 0.863. The standard InChI is InChI=1S/C20H23N3O4S/c1-3-27-16-10-8-15(9-11-16)21-20(24)13-14(2)12-19-22-17-6-4-5-7-18(17)28(25,26)23-19/h4-11,14H,3,12-13H2,1-2H3,(H,21,24)(H,22,23)/t14-/m1/s1. The van der Waals surface area contributed by atoms with E-state index in [1.165, 1.54) is 6.07 Å². The van der Waals surface area contributed by atoms with Crippen LogP contribution in [0.1, 0.15) is 26.7 Å². The molecule has 0 fully saturated rings. The Morgan fingerprint density at radius 1 is 1.18 bits per heavy atom. The fourth-order valence-corrected chi connectivity index (χ4v) is 4.14. The van der Waals surface area contributed by atoms with Crippen LogP contribution in [-0.4, -0.2) is 26.8 Å². The molecule has 148 valence electrons. The highest BCUT2D eigenvalue weighted by Crippen LogP contribution is 2.28. The summed E-state index contributed by atoms with van der Waals surface area (Å²) >= 11 is 0. The zero-order valence-corrected chi connectivity index (χ0v) is 16.6. The van der Waals surface area contributed by atoms with Gasteiger partial charge < -0.3 is 15.4 Å². The zero-order chi connectivity index (χ0) is 20.1. The van der Waals surface area contributed by atoms with Gasteiger partial charge in [-0.3, -0.25) is 4.79 Å². The Kier molecular flexibility index (Phi) is 5.99. The largest absolute Gasteiger partial charge is 0.494 e. The van der Waals surface area contributed by atoms with E-state index in [1.807, 2.05) is 13.8 Å². The zero-order valence-electron chi connectivity index (χ0n) is 15.8. The van der Waals surface area contributed by atoms with Crippen LogP contribution in [0.4, 0.5) is 11.4 Å². The lowest BCUT2D eigenvalue weighted by Gasteiger charge is -2.20. The summed E-state index contributed by atoms with van der Waals surface area (Å²) in [5, 5.41) is 5.89. The molecule has 0 radical (unpaired) electrons. The number of amidine groups is 1. The number of fused-ring (bicyclic) bond motifs is 1. The van der Waals surface area contributed by atoms with Crippen LogP contribution < -0.4 is 15.4 Å². The van der Waals surface area contributed by atoms with Crippen molar-refractivity contribution >= 4 is 33.1 Å². The van der Waals surface area contributed by atoms with E-state index in [0.717, 1.165) is 5.75 Å². The Morgan fingerprint density at radius 3 is 2.61 bits per heavy atom. The van der Waals surface area contributed by atoms with Gasteiger partial charge in [-0.15, -0.1) is 4.40 Å². The molecule has 0 saturated heterocycles. The first-order chi connectivity index (χ1) is 13.4. The van der Waals surface area contributed by atoms with Gasteiger partial charge >= 0.3 is 0 Å². The van der Waals surface area contributed by atoms with E-state index in [1.54, 1.807) is 42.5 Å². The Hall–Kier alpha value is -2.87. The van der Waals surface area contributed by atoms with Gasteiger partial charge in [0.25, 0.3) is 10.0 Å². The molecule has 1 amide bonds. The number of anilines is 2. The maximum absolute atomic E-state index is 12.3. The van der Waals surface area contributed by atoms with E-state index < -0.39 is 10.0 Å². The smallest absolute Gasteiger partial charge is 0.286 e. The first-order valence-electron chi connectivity index (χ1n) is 9.10. The number of para-hydroxylation sites is 1. The molecule has 1 aliphatic heterocycles. The third kappa shape index (κ3) is 4.89. The highest BCUT2D eigenvalue weighted by atomic mass is 32.2. The minimum Gasteiger partial charge on any atom is -0.494 e. The summed E-state index contributed by atoms with van der Waals surface area (Å²) < 4.78 is 33.8. The Balaban J connectivity index is 1.57. The third-order valence-corrected chi connectivity index (χ3v) is 5.57. The van der Waals surface area contributed by atoms with E-state index in [0.29, 0.717) is 30.2 Å². The molecule has 1 atom stereocenters. The number of amides is 1. The number of ether oxygens (including phenoxy) is 1. The molecule has 0 aromatic heterocycles. The van der Waals surface area contributed by atoms with Crippen LogP contribution >= 0.6 is 0 Å². The molecule has 0 saturated carbocycles. The number of hydrogen-bond donors (Lipinski definition) is 2. The summed E-state index contributed by atoms with van der Waals surface area (Å²) in [7, 11) is -3.71. The van der Waals surface area contributed by atoms with Crippen molar-refractivity contribution in [1.82, 2.24) is 0 Å². The van der Waals surface area contributed by atoms with Crippen LogP contribution in [0.2, 0.25) is 0 Å². The molecule has 0 aliphatic carbocycles. The Labute approximate surface area is 164 Å². The molecule has 28 heavy (non-hydrogen) atoms. The van der Waals surface area contributed by atoms with Gasteiger partial charge in [0.1, 0.15) is 16.5 Å². The predicted molar refractivity (Wildman–Crippen MR) is 109 cm³/mol. The minimum absolute atomic E-state index is 0.0885. The second-order valence-electron chi connectivity index (χ2n) is 6.65.